The molecular weight excluding hydrogens is 303 g/mol. The Balaban J connectivity index is 2.16. The van der Waals surface area contributed by atoms with Gasteiger partial charge in [-0.25, -0.2) is 0 Å². The van der Waals surface area contributed by atoms with Crippen LogP contribution in [0.15, 0.2) is 18.2 Å². The number of terminal acetylenes is 1. The first-order valence-corrected chi connectivity index (χ1v) is 7.79. The van der Waals surface area contributed by atoms with Gasteiger partial charge in [0.1, 0.15) is 0 Å². The van der Waals surface area contributed by atoms with E-state index in [1.54, 1.807) is 6.07 Å². The lowest BCUT2D eigenvalue weighted by atomic mass is 9.90. The number of hydrogen-bond acceptors (Lipinski definition) is 1. The van der Waals surface area contributed by atoms with Crippen molar-refractivity contribution in [1.82, 2.24) is 4.90 Å². The number of benzene rings is 1. The van der Waals surface area contributed by atoms with Crippen LogP contribution in [-0.2, 0) is 17.4 Å². The summed E-state index contributed by atoms with van der Waals surface area (Å²) in [5, 5.41) is 0. The van der Waals surface area contributed by atoms with Crippen molar-refractivity contribution < 1.29 is 18.0 Å². The average Bonchev–Trinajstić information content (AvgIpc) is 2.53. The van der Waals surface area contributed by atoms with Gasteiger partial charge in [-0.05, 0) is 48.9 Å². The SMILES string of the molecule is C#Cc1cc(C[C@@H]2CCCN(C(=O)CC)C2)cc(C(F)(F)F)c1. The highest BCUT2D eigenvalue weighted by atomic mass is 19.4. The molecule has 0 radical (unpaired) electrons. The molecular formula is C18H20F3NO. The fraction of sp³-hybridized carbons (Fsp3) is 0.500. The standard InChI is InChI=1S/C18H20F3NO/c1-3-13-8-15(11-16(10-13)18(19,20)21)9-14-6-5-7-22(12-14)17(23)4-2/h1,8,10-11,14H,4-7,9,12H2,2H3/t14-/m0/s1. The Morgan fingerprint density at radius 1 is 1.39 bits per heavy atom. The first-order valence-electron chi connectivity index (χ1n) is 7.79. The molecule has 5 heteroatoms. The van der Waals surface area contributed by atoms with Crippen LogP contribution in [-0.4, -0.2) is 23.9 Å². The number of rotatable bonds is 3. The molecule has 124 valence electrons. The molecule has 1 amide bonds. The van der Waals surface area contributed by atoms with Crippen molar-refractivity contribution in [2.75, 3.05) is 13.1 Å². The van der Waals surface area contributed by atoms with Gasteiger partial charge in [0, 0.05) is 25.1 Å². The first kappa shape index (κ1) is 17.4. The third kappa shape index (κ3) is 4.51. The van der Waals surface area contributed by atoms with Crippen LogP contribution in [0.25, 0.3) is 0 Å². The van der Waals surface area contributed by atoms with E-state index in [9.17, 15) is 18.0 Å². The lowest BCUT2D eigenvalue weighted by Gasteiger charge is -2.33. The largest absolute Gasteiger partial charge is 0.416 e. The third-order valence-electron chi connectivity index (χ3n) is 4.19. The normalized spacial score (nSPS) is 18.6. The van der Waals surface area contributed by atoms with Gasteiger partial charge in [-0.3, -0.25) is 4.79 Å². The first-order chi connectivity index (χ1) is 10.8. The topological polar surface area (TPSA) is 20.3 Å². The Labute approximate surface area is 134 Å². The van der Waals surface area contributed by atoms with E-state index in [4.69, 9.17) is 6.42 Å². The van der Waals surface area contributed by atoms with E-state index in [0.29, 0.717) is 24.9 Å². The maximum Gasteiger partial charge on any atom is 0.416 e. The van der Waals surface area contributed by atoms with Gasteiger partial charge >= 0.3 is 6.18 Å². The highest BCUT2D eigenvalue weighted by Gasteiger charge is 2.31. The lowest BCUT2D eigenvalue weighted by Crippen LogP contribution is -2.40. The third-order valence-corrected chi connectivity index (χ3v) is 4.19. The van der Waals surface area contributed by atoms with E-state index < -0.39 is 11.7 Å². The van der Waals surface area contributed by atoms with Crippen LogP contribution in [0, 0.1) is 18.3 Å². The van der Waals surface area contributed by atoms with Gasteiger partial charge in [-0.2, -0.15) is 13.2 Å². The van der Waals surface area contributed by atoms with E-state index in [-0.39, 0.29) is 17.4 Å². The monoisotopic (exact) mass is 323 g/mol. The minimum absolute atomic E-state index is 0.100. The fourth-order valence-electron chi connectivity index (χ4n) is 3.07. The summed E-state index contributed by atoms with van der Waals surface area (Å²) >= 11 is 0. The number of piperidine rings is 1. The lowest BCUT2D eigenvalue weighted by molar-refractivity contribution is -0.137. The quantitative estimate of drug-likeness (QED) is 0.773. The van der Waals surface area contributed by atoms with E-state index in [0.717, 1.165) is 25.5 Å². The molecule has 0 spiro atoms. The minimum atomic E-state index is -4.40. The van der Waals surface area contributed by atoms with Crippen molar-refractivity contribution in [3.63, 3.8) is 0 Å². The summed E-state index contributed by atoms with van der Waals surface area (Å²) in [6, 6.07) is 3.80. The van der Waals surface area contributed by atoms with Crippen LogP contribution >= 0.6 is 0 Å². The Bertz CT molecular complexity index is 616. The van der Waals surface area contributed by atoms with E-state index in [1.807, 2.05) is 11.8 Å². The zero-order chi connectivity index (χ0) is 17.0. The number of hydrogen-bond donors (Lipinski definition) is 0. The molecule has 1 aliphatic rings. The molecule has 0 aromatic heterocycles. The predicted molar refractivity (Wildman–Crippen MR) is 82.7 cm³/mol. The second-order valence-electron chi connectivity index (χ2n) is 5.97. The number of amides is 1. The summed E-state index contributed by atoms with van der Waals surface area (Å²) < 4.78 is 38.9. The van der Waals surface area contributed by atoms with Gasteiger partial charge in [0.05, 0.1) is 5.56 Å². The summed E-state index contributed by atoms with van der Waals surface area (Å²) in [5.41, 5.74) is 0.121. The summed E-state index contributed by atoms with van der Waals surface area (Å²) in [7, 11) is 0. The number of carbonyl (C=O) groups is 1. The molecule has 1 heterocycles. The van der Waals surface area contributed by atoms with Crippen molar-refractivity contribution in [3.8, 4) is 12.3 Å². The minimum Gasteiger partial charge on any atom is -0.342 e. The molecule has 0 N–H and O–H groups in total. The van der Waals surface area contributed by atoms with Crippen LogP contribution in [0.5, 0.6) is 0 Å². The zero-order valence-corrected chi connectivity index (χ0v) is 13.1. The van der Waals surface area contributed by atoms with Crippen LogP contribution in [0.4, 0.5) is 13.2 Å². The van der Waals surface area contributed by atoms with E-state index in [2.05, 4.69) is 5.92 Å². The van der Waals surface area contributed by atoms with Crippen molar-refractivity contribution in [1.29, 1.82) is 0 Å². The van der Waals surface area contributed by atoms with Crippen molar-refractivity contribution in [2.45, 2.75) is 38.8 Å². The Morgan fingerprint density at radius 3 is 2.74 bits per heavy atom. The van der Waals surface area contributed by atoms with Crippen molar-refractivity contribution in [3.05, 3.63) is 34.9 Å². The highest BCUT2D eigenvalue weighted by molar-refractivity contribution is 5.75. The molecule has 0 bridgehead atoms. The summed E-state index contributed by atoms with van der Waals surface area (Å²) in [4.78, 5) is 13.6. The fourth-order valence-corrected chi connectivity index (χ4v) is 3.07. The van der Waals surface area contributed by atoms with E-state index >= 15 is 0 Å². The number of carbonyl (C=O) groups excluding carboxylic acids is 1. The molecule has 1 saturated heterocycles. The summed E-state index contributed by atoms with van der Waals surface area (Å²) in [6.07, 6.45) is 3.63. The number of nitrogens with zero attached hydrogens (tertiary/aromatic N) is 1. The number of alkyl halides is 3. The van der Waals surface area contributed by atoms with Gasteiger partial charge in [0.25, 0.3) is 0 Å². The molecule has 2 rings (SSSR count). The molecule has 1 aromatic rings. The van der Waals surface area contributed by atoms with Crippen LogP contribution in [0.1, 0.15) is 42.9 Å². The molecule has 1 fully saturated rings. The average molecular weight is 323 g/mol. The molecule has 0 aliphatic carbocycles. The maximum atomic E-state index is 13.0. The highest BCUT2D eigenvalue weighted by Crippen LogP contribution is 2.32. The van der Waals surface area contributed by atoms with Gasteiger partial charge in [0.2, 0.25) is 5.91 Å². The molecule has 0 unspecified atom stereocenters. The van der Waals surface area contributed by atoms with Gasteiger partial charge in [-0.1, -0.05) is 12.8 Å². The maximum absolute atomic E-state index is 13.0. The van der Waals surface area contributed by atoms with Gasteiger partial charge in [-0.15, -0.1) is 6.42 Å². The molecule has 0 saturated carbocycles. The Hall–Kier alpha value is -1.96. The second kappa shape index (κ2) is 7.08. The molecule has 23 heavy (non-hydrogen) atoms. The predicted octanol–water partition coefficient (Wildman–Crippen LogP) is 3.88. The van der Waals surface area contributed by atoms with Crippen molar-refractivity contribution >= 4 is 5.91 Å². The number of likely N-dealkylation sites (tertiary alicyclic amines) is 1. The molecule has 1 aliphatic heterocycles. The van der Waals surface area contributed by atoms with Gasteiger partial charge in [0.15, 0.2) is 0 Å². The van der Waals surface area contributed by atoms with Crippen LogP contribution < -0.4 is 0 Å². The summed E-state index contributed by atoms with van der Waals surface area (Å²) in [6.45, 7) is 3.16. The molecule has 1 atom stereocenters. The zero-order valence-electron chi connectivity index (χ0n) is 13.1. The van der Waals surface area contributed by atoms with E-state index in [1.165, 1.54) is 6.07 Å². The van der Waals surface area contributed by atoms with Crippen LogP contribution in [0.2, 0.25) is 0 Å². The molecule has 2 nitrogen and oxygen atoms in total. The van der Waals surface area contributed by atoms with Gasteiger partial charge < -0.3 is 4.90 Å². The Morgan fingerprint density at radius 2 is 2.13 bits per heavy atom. The molecule has 1 aromatic carbocycles. The van der Waals surface area contributed by atoms with Crippen LogP contribution in [0.3, 0.4) is 0 Å². The smallest absolute Gasteiger partial charge is 0.342 e. The number of halogens is 3. The van der Waals surface area contributed by atoms with Crippen molar-refractivity contribution in [2.24, 2.45) is 5.92 Å². The summed E-state index contributed by atoms with van der Waals surface area (Å²) in [5.74, 6) is 2.56. The second-order valence-corrected chi connectivity index (χ2v) is 5.97. The Kier molecular flexibility index (Phi) is 5.35.